The van der Waals surface area contributed by atoms with Crippen LogP contribution in [0.15, 0.2) is 42.5 Å². The molecule has 0 aliphatic heterocycles. The Morgan fingerprint density at radius 1 is 1.25 bits per heavy atom. The average molecular weight is 353 g/mol. The summed E-state index contributed by atoms with van der Waals surface area (Å²) >= 11 is 5.71. The van der Waals surface area contributed by atoms with Crippen LogP contribution in [0.2, 0.25) is 5.02 Å². The molecular weight excluding hydrogens is 343 g/mol. The fourth-order valence-electron chi connectivity index (χ4n) is 1.76. The smallest absolute Gasteiger partial charge is 0.340 e. The summed E-state index contributed by atoms with van der Waals surface area (Å²) in [5.74, 6) is -2.20. The normalized spacial score (nSPS) is 10.1. The topological polar surface area (TPSA) is 98.5 Å². The summed E-state index contributed by atoms with van der Waals surface area (Å²) in [6.45, 7) is -0.630. The lowest BCUT2D eigenvalue weighted by molar-refractivity contribution is -0.384. The number of nitro groups is 1. The molecule has 2 aromatic carbocycles. The van der Waals surface area contributed by atoms with Gasteiger partial charge in [-0.1, -0.05) is 17.7 Å². The van der Waals surface area contributed by atoms with Crippen molar-refractivity contribution < 1.29 is 23.6 Å². The van der Waals surface area contributed by atoms with Gasteiger partial charge < -0.3 is 10.1 Å². The first-order chi connectivity index (χ1) is 11.4. The van der Waals surface area contributed by atoms with Crippen LogP contribution in [0.1, 0.15) is 10.4 Å². The quantitative estimate of drug-likeness (QED) is 0.506. The number of nitro benzene ring substituents is 1. The summed E-state index contributed by atoms with van der Waals surface area (Å²) in [5.41, 5.74) is -0.0887. The van der Waals surface area contributed by atoms with Gasteiger partial charge in [0.1, 0.15) is 5.82 Å². The van der Waals surface area contributed by atoms with Crippen LogP contribution in [0, 0.1) is 15.9 Å². The number of rotatable bonds is 5. The largest absolute Gasteiger partial charge is 0.452 e. The number of nitrogens with one attached hydrogen (secondary N) is 1. The van der Waals surface area contributed by atoms with Crippen molar-refractivity contribution in [2.45, 2.75) is 0 Å². The van der Waals surface area contributed by atoms with Crippen LogP contribution < -0.4 is 5.32 Å². The Hall–Kier alpha value is -3.00. The van der Waals surface area contributed by atoms with E-state index in [0.29, 0.717) is 0 Å². The van der Waals surface area contributed by atoms with Gasteiger partial charge in [-0.2, -0.15) is 0 Å². The lowest BCUT2D eigenvalue weighted by Crippen LogP contribution is -2.21. The van der Waals surface area contributed by atoms with E-state index in [1.807, 2.05) is 0 Å². The number of carbonyl (C=O) groups excluding carboxylic acids is 2. The fourth-order valence-corrected chi connectivity index (χ4v) is 2.00. The van der Waals surface area contributed by atoms with Crippen molar-refractivity contribution >= 4 is 34.9 Å². The molecule has 0 aliphatic rings. The maximum atomic E-state index is 12.9. The maximum Gasteiger partial charge on any atom is 0.340 e. The molecule has 7 nitrogen and oxygen atoms in total. The lowest BCUT2D eigenvalue weighted by Gasteiger charge is -2.07. The number of non-ortho nitro benzene ring substituents is 1. The van der Waals surface area contributed by atoms with Gasteiger partial charge in [-0.05, 0) is 24.3 Å². The second-order valence-electron chi connectivity index (χ2n) is 4.56. The van der Waals surface area contributed by atoms with Gasteiger partial charge in [-0.15, -0.1) is 0 Å². The van der Waals surface area contributed by atoms with E-state index >= 15 is 0 Å². The number of benzene rings is 2. The van der Waals surface area contributed by atoms with Crippen molar-refractivity contribution in [3.05, 3.63) is 69.0 Å². The molecule has 24 heavy (non-hydrogen) atoms. The van der Waals surface area contributed by atoms with Crippen molar-refractivity contribution in [3.8, 4) is 0 Å². The minimum absolute atomic E-state index is 0.0822. The summed E-state index contributed by atoms with van der Waals surface area (Å²) in [7, 11) is 0. The fraction of sp³-hybridized carbons (Fsp3) is 0.0667. The number of carbonyl (C=O) groups is 2. The van der Waals surface area contributed by atoms with Crippen molar-refractivity contribution in [2.24, 2.45) is 0 Å². The molecule has 2 aromatic rings. The summed E-state index contributed by atoms with van der Waals surface area (Å²) < 4.78 is 17.7. The molecule has 0 fully saturated rings. The van der Waals surface area contributed by atoms with E-state index in [2.05, 4.69) is 5.32 Å². The van der Waals surface area contributed by atoms with Gasteiger partial charge in [-0.25, -0.2) is 9.18 Å². The van der Waals surface area contributed by atoms with Gasteiger partial charge in [0.15, 0.2) is 6.61 Å². The Morgan fingerprint density at radius 3 is 2.67 bits per heavy atom. The van der Waals surface area contributed by atoms with Gasteiger partial charge in [0.25, 0.3) is 11.6 Å². The van der Waals surface area contributed by atoms with Crippen LogP contribution in [0.4, 0.5) is 15.8 Å². The zero-order chi connectivity index (χ0) is 17.7. The Balaban J connectivity index is 1.94. The SMILES string of the molecule is O=C(COC(=O)c1ccc(F)cc1Cl)Nc1cccc([N+](=O)[O-])c1. The van der Waals surface area contributed by atoms with E-state index in [0.717, 1.165) is 24.3 Å². The summed E-state index contributed by atoms with van der Waals surface area (Å²) in [4.78, 5) is 33.5. The summed E-state index contributed by atoms with van der Waals surface area (Å²) in [6.07, 6.45) is 0. The molecule has 2 rings (SSSR count). The van der Waals surface area contributed by atoms with Crippen molar-refractivity contribution in [2.75, 3.05) is 11.9 Å². The Bertz CT molecular complexity index is 812. The van der Waals surface area contributed by atoms with Gasteiger partial charge in [0.2, 0.25) is 0 Å². The van der Waals surface area contributed by atoms with E-state index in [9.17, 15) is 24.1 Å². The number of halogens is 2. The molecule has 0 aromatic heterocycles. The Kier molecular flexibility index (Phi) is 5.43. The molecule has 1 amide bonds. The number of nitrogens with zero attached hydrogens (tertiary/aromatic N) is 1. The Morgan fingerprint density at radius 2 is 2.00 bits per heavy atom. The first-order valence-corrected chi connectivity index (χ1v) is 6.91. The third kappa shape index (κ3) is 4.50. The van der Waals surface area contributed by atoms with E-state index in [4.69, 9.17) is 16.3 Å². The zero-order valence-corrected chi connectivity index (χ0v) is 12.7. The molecule has 0 bridgehead atoms. The molecule has 124 valence electrons. The van der Waals surface area contributed by atoms with E-state index in [1.54, 1.807) is 0 Å². The number of esters is 1. The minimum atomic E-state index is -0.894. The van der Waals surface area contributed by atoms with Crippen LogP contribution in [0.25, 0.3) is 0 Å². The van der Waals surface area contributed by atoms with Crippen molar-refractivity contribution in [1.82, 2.24) is 0 Å². The molecule has 0 spiro atoms. The number of hydrogen-bond donors (Lipinski definition) is 1. The van der Waals surface area contributed by atoms with Crippen molar-refractivity contribution in [1.29, 1.82) is 0 Å². The third-order valence-corrected chi connectivity index (χ3v) is 3.14. The molecule has 0 unspecified atom stereocenters. The first-order valence-electron chi connectivity index (χ1n) is 6.53. The number of ether oxygens (including phenoxy) is 1. The number of amides is 1. The molecule has 9 heteroatoms. The van der Waals surface area contributed by atoms with Crippen LogP contribution in [-0.2, 0) is 9.53 Å². The highest BCUT2D eigenvalue weighted by Crippen LogP contribution is 2.19. The van der Waals surface area contributed by atoms with Crippen LogP contribution in [-0.4, -0.2) is 23.4 Å². The van der Waals surface area contributed by atoms with Crippen molar-refractivity contribution in [3.63, 3.8) is 0 Å². The minimum Gasteiger partial charge on any atom is -0.452 e. The van der Waals surface area contributed by atoms with E-state index in [-0.39, 0.29) is 22.0 Å². The monoisotopic (exact) mass is 352 g/mol. The van der Waals surface area contributed by atoms with E-state index < -0.39 is 29.2 Å². The van der Waals surface area contributed by atoms with Crippen LogP contribution >= 0.6 is 11.6 Å². The second-order valence-corrected chi connectivity index (χ2v) is 4.96. The molecular formula is C15H10ClFN2O5. The highest BCUT2D eigenvalue weighted by Gasteiger charge is 2.15. The standard InChI is InChI=1S/C15H10ClFN2O5/c16-13-6-9(17)4-5-12(13)15(21)24-8-14(20)18-10-2-1-3-11(7-10)19(22)23/h1-7H,8H2,(H,18,20). The molecule has 0 saturated carbocycles. The first kappa shape index (κ1) is 17.4. The maximum absolute atomic E-state index is 12.9. The van der Waals surface area contributed by atoms with Gasteiger partial charge in [-0.3, -0.25) is 14.9 Å². The predicted molar refractivity (Wildman–Crippen MR) is 83.4 cm³/mol. The lowest BCUT2D eigenvalue weighted by atomic mass is 10.2. The highest BCUT2D eigenvalue weighted by molar-refractivity contribution is 6.33. The molecule has 0 radical (unpaired) electrons. The number of hydrogen-bond acceptors (Lipinski definition) is 5. The van der Waals surface area contributed by atoms with Gasteiger partial charge in [0.05, 0.1) is 15.5 Å². The molecule has 0 heterocycles. The second kappa shape index (κ2) is 7.51. The zero-order valence-electron chi connectivity index (χ0n) is 12.0. The molecule has 0 aliphatic carbocycles. The molecule has 1 N–H and O–H groups in total. The molecule has 0 saturated heterocycles. The van der Waals surface area contributed by atoms with E-state index in [1.165, 1.54) is 18.2 Å². The van der Waals surface area contributed by atoms with Gasteiger partial charge in [0, 0.05) is 17.8 Å². The highest BCUT2D eigenvalue weighted by atomic mass is 35.5. The van der Waals surface area contributed by atoms with Crippen LogP contribution in [0.3, 0.4) is 0 Å². The number of anilines is 1. The average Bonchev–Trinajstić information content (AvgIpc) is 2.53. The van der Waals surface area contributed by atoms with Gasteiger partial charge >= 0.3 is 5.97 Å². The Labute approximate surface area is 140 Å². The summed E-state index contributed by atoms with van der Waals surface area (Å²) in [5, 5.41) is 12.9. The molecule has 0 atom stereocenters. The third-order valence-electron chi connectivity index (χ3n) is 2.83. The summed E-state index contributed by atoms with van der Waals surface area (Å²) in [6, 6.07) is 8.40. The predicted octanol–water partition coefficient (Wildman–Crippen LogP) is 3.18. The van der Waals surface area contributed by atoms with Crippen LogP contribution in [0.5, 0.6) is 0 Å².